The van der Waals surface area contributed by atoms with Gasteiger partial charge >= 0.3 is 0 Å². The van der Waals surface area contributed by atoms with Crippen molar-refractivity contribution in [2.24, 2.45) is 0 Å². The van der Waals surface area contributed by atoms with Crippen LogP contribution in [0.5, 0.6) is 5.75 Å². The van der Waals surface area contributed by atoms with Gasteiger partial charge in [0.2, 0.25) is 0 Å². The van der Waals surface area contributed by atoms with Gasteiger partial charge in [-0.3, -0.25) is 20.4 Å². The molecule has 0 spiro atoms. The largest absolute Gasteiger partial charge is 0.481 e. The van der Waals surface area contributed by atoms with Gasteiger partial charge in [-0.05, 0) is 43.3 Å². The van der Waals surface area contributed by atoms with Crippen molar-refractivity contribution in [3.8, 4) is 5.75 Å². The number of hydrogen-bond donors (Lipinski definition) is 2. The van der Waals surface area contributed by atoms with Crippen LogP contribution in [0, 0.1) is 5.82 Å². The van der Waals surface area contributed by atoms with Crippen LogP contribution < -0.4 is 15.6 Å². The molecule has 0 saturated carbocycles. The Kier molecular flexibility index (Phi) is 6.33. The fraction of sp³-hybridized carbons (Fsp3) is 0.125. The Hall–Kier alpha value is -1.93. The Morgan fingerprint density at radius 1 is 1.08 bits per heavy atom. The maximum atomic E-state index is 13.6. The van der Waals surface area contributed by atoms with Crippen LogP contribution in [0.25, 0.3) is 0 Å². The normalized spacial score (nSPS) is 11.5. The molecule has 5 nitrogen and oxygen atoms in total. The predicted octanol–water partition coefficient (Wildman–Crippen LogP) is 3.58. The van der Waals surface area contributed by atoms with Crippen molar-refractivity contribution >= 4 is 43.7 Å². The van der Waals surface area contributed by atoms with E-state index in [2.05, 4.69) is 42.7 Å². The van der Waals surface area contributed by atoms with Crippen LogP contribution in [0.2, 0.25) is 0 Å². The number of hydrogen-bond acceptors (Lipinski definition) is 3. The lowest BCUT2D eigenvalue weighted by Crippen LogP contribution is -2.47. The fourth-order valence-corrected chi connectivity index (χ4v) is 2.50. The summed E-state index contributed by atoms with van der Waals surface area (Å²) in [6, 6.07) is 10.9. The van der Waals surface area contributed by atoms with E-state index in [1.54, 1.807) is 18.2 Å². The first kappa shape index (κ1) is 18.4. The average molecular weight is 460 g/mol. The standard InChI is InChI=1S/C16H13Br2FN2O3/c1-9(24-12-4-2-3-10(17)7-12)15(22)20-21-16(23)13-8-11(18)5-6-14(13)19/h2-9H,1H3,(H,20,22)(H,21,23). The third kappa shape index (κ3) is 5.04. The molecular weight excluding hydrogens is 447 g/mol. The Bertz CT molecular complexity index is 771. The maximum absolute atomic E-state index is 13.6. The Morgan fingerprint density at radius 3 is 2.50 bits per heavy atom. The molecule has 8 heteroatoms. The zero-order chi connectivity index (χ0) is 17.7. The van der Waals surface area contributed by atoms with E-state index in [-0.39, 0.29) is 5.56 Å². The number of carbonyl (C=O) groups excluding carboxylic acids is 2. The van der Waals surface area contributed by atoms with E-state index < -0.39 is 23.7 Å². The molecule has 0 saturated heterocycles. The highest BCUT2D eigenvalue weighted by molar-refractivity contribution is 9.10. The molecule has 1 unspecified atom stereocenters. The van der Waals surface area contributed by atoms with Gasteiger partial charge in [-0.15, -0.1) is 0 Å². The van der Waals surface area contributed by atoms with E-state index in [0.29, 0.717) is 10.2 Å². The van der Waals surface area contributed by atoms with Gasteiger partial charge in [-0.1, -0.05) is 37.9 Å². The molecule has 24 heavy (non-hydrogen) atoms. The number of nitrogens with one attached hydrogen (secondary N) is 2. The van der Waals surface area contributed by atoms with E-state index >= 15 is 0 Å². The SMILES string of the molecule is CC(Oc1cccc(Br)c1)C(=O)NNC(=O)c1cc(Br)ccc1F. The van der Waals surface area contributed by atoms with E-state index in [1.165, 1.54) is 19.1 Å². The Balaban J connectivity index is 1.92. The van der Waals surface area contributed by atoms with E-state index in [4.69, 9.17) is 4.74 Å². The van der Waals surface area contributed by atoms with Crippen molar-refractivity contribution in [2.75, 3.05) is 0 Å². The molecule has 0 aliphatic rings. The van der Waals surface area contributed by atoms with Gasteiger partial charge < -0.3 is 4.74 Å². The van der Waals surface area contributed by atoms with Crippen molar-refractivity contribution < 1.29 is 18.7 Å². The number of rotatable bonds is 4. The van der Waals surface area contributed by atoms with Crippen LogP contribution in [0.3, 0.4) is 0 Å². The van der Waals surface area contributed by atoms with Crippen LogP contribution >= 0.6 is 31.9 Å². The zero-order valence-electron chi connectivity index (χ0n) is 12.5. The third-order valence-corrected chi connectivity index (χ3v) is 3.94. The van der Waals surface area contributed by atoms with Gasteiger partial charge in [0.05, 0.1) is 5.56 Å². The minimum Gasteiger partial charge on any atom is -0.481 e. The molecule has 0 aliphatic carbocycles. The molecule has 2 N–H and O–H groups in total. The molecule has 2 aromatic carbocycles. The minimum absolute atomic E-state index is 0.190. The summed E-state index contributed by atoms with van der Waals surface area (Å²) in [5.41, 5.74) is 4.17. The molecule has 2 aromatic rings. The summed E-state index contributed by atoms with van der Waals surface area (Å²) in [7, 11) is 0. The highest BCUT2D eigenvalue weighted by atomic mass is 79.9. The lowest BCUT2D eigenvalue weighted by atomic mass is 10.2. The second kappa shape index (κ2) is 8.25. The van der Waals surface area contributed by atoms with Gasteiger partial charge in [0.1, 0.15) is 11.6 Å². The first-order chi connectivity index (χ1) is 11.4. The maximum Gasteiger partial charge on any atom is 0.279 e. The van der Waals surface area contributed by atoms with E-state index in [1.807, 2.05) is 6.07 Å². The average Bonchev–Trinajstić information content (AvgIpc) is 2.54. The highest BCUT2D eigenvalue weighted by Crippen LogP contribution is 2.19. The number of ether oxygens (including phenoxy) is 1. The van der Waals surface area contributed by atoms with Crippen LogP contribution in [0.4, 0.5) is 4.39 Å². The molecule has 0 aromatic heterocycles. The molecule has 126 valence electrons. The van der Waals surface area contributed by atoms with Gasteiger partial charge in [-0.2, -0.15) is 0 Å². The monoisotopic (exact) mass is 458 g/mol. The van der Waals surface area contributed by atoms with Gasteiger partial charge in [0.25, 0.3) is 11.8 Å². The van der Waals surface area contributed by atoms with Crippen LogP contribution in [0.1, 0.15) is 17.3 Å². The summed E-state index contributed by atoms with van der Waals surface area (Å²) < 4.78 is 20.4. The van der Waals surface area contributed by atoms with Crippen LogP contribution in [0.15, 0.2) is 51.4 Å². The van der Waals surface area contributed by atoms with Gasteiger partial charge in [-0.25, -0.2) is 4.39 Å². The first-order valence-electron chi connectivity index (χ1n) is 6.84. The van der Waals surface area contributed by atoms with Gasteiger partial charge in [0.15, 0.2) is 6.10 Å². The quantitative estimate of drug-likeness (QED) is 0.686. The lowest BCUT2D eigenvalue weighted by molar-refractivity contribution is -0.128. The Labute approximate surface area is 154 Å². The number of halogens is 3. The molecule has 2 amide bonds. The van der Waals surface area contributed by atoms with Crippen molar-refractivity contribution in [1.29, 1.82) is 0 Å². The van der Waals surface area contributed by atoms with Gasteiger partial charge in [0, 0.05) is 8.95 Å². The van der Waals surface area contributed by atoms with Crippen molar-refractivity contribution in [3.05, 3.63) is 62.8 Å². The van der Waals surface area contributed by atoms with Crippen molar-refractivity contribution in [1.82, 2.24) is 10.9 Å². The molecule has 0 radical (unpaired) electrons. The topological polar surface area (TPSA) is 67.4 Å². The minimum atomic E-state index is -0.855. The number of carbonyl (C=O) groups is 2. The number of hydrazine groups is 1. The molecule has 1 atom stereocenters. The second-order valence-corrected chi connectivity index (χ2v) is 6.62. The molecule has 0 bridgehead atoms. The Morgan fingerprint density at radius 2 is 1.79 bits per heavy atom. The summed E-state index contributed by atoms with van der Waals surface area (Å²) in [5, 5.41) is 0. The number of amides is 2. The fourth-order valence-electron chi connectivity index (χ4n) is 1.76. The van der Waals surface area contributed by atoms with Crippen molar-refractivity contribution in [2.45, 2.75) is 13.0 Å². The highest BCUT2D eigenvalue weighted by Gasteiger charge is 2.17. The summed E-state index contributed by atoms with van der Waals surface area (Å²) in [4.78, 5) is 23.9. The lowest BCUT2D eigenvalue weighted by Gasteiger charge is -2.15. The summed E-state index contributed by atoms with van der Waals surface area (Å²) in [5.74, 6) is -1.53. The smallest absolute Gasteiger partial charge is 0.279 e. The van der Waals surface area contributed by atoms with E-state index in [0.717, 1.165) is 10.5 Å². The molecule has 0 aliphatic heterocycles. The third-order valence-electron chi connectivity index (χ3n) is 2.95. The second-order valence-electron chi connectivity index (χ2n) is 4.78. The number of benzene rings is 2. The molecule has 0 heterocycles. The predicted molar refractivity (Wildman–Crippen MR) is 93.9 cm³/mol. The zero-order valence-corrected chi connectivity index (χ0v) is 15.6. The molecule has 2 rings (SSSR count). The van der Waals surface area contributed by atoms with Crippen molar-refractivity contribution in [3.63, 3.8) is 0 Å². The first-order valence-corrected chi connectivity index (χ1v) is 8.43. The van der Waals surface area contributed by atoms with Crippen LogP contribution in [-0.4, -0.2) is 17.9 Å². The molecule has 0 fully saturated rings. The summed E-state index contributed by atoms with van der Waals surface area (Å²) in [6.45, 7) is 1.53. The summed E-state index contributed by atoms with van der Waals surface area (Å²) in [6.07, 6.45) is -0.855. The molecular formula is C16H13Br2FN2O3. The van der Waals surface area contributed by atoms with Crippen LogP contribution in [-0.2, 0) is 4.79 Å². The summed E-state index contributed by atoms with van der Waals surface area (Å²) >= 11 is 6.45. The van der Waals surface area contributed by atoms with E-state index in [9.17, 15) is 14.0 Å².